The van der Waals surface area contributed by atoms with Gasteiger partial charge in [0.1, 0.15) is 0 Å². The summed E-state index contributed by atoms with van der Waals surface area (Å²) in [7, 11) is 1.41. The fourth-order valence-corrected chi connectivity index (χ4v) is 1.42. The number of esters is 1. The lowest BCUT2D eigenvalue weighted by Crippen LogP contribution is -2.11. The second-order valence-corrected chi connectivity index (χ2v) is 2.87. The topological polar surface area (TPSA) is 38.8 Å². The van der Waals surface area contributed by atoms with Gasteiger partial charge in [-0.3, -0.25) is 0 Å². The van der Waals surface area contributed by atoms with E-state index in [4.69, 9.17) is 4.74 Å². The van der Waals surface area contributed by atoms with Crippen LogP contribution in [0.25, 0.3) is 0 Å². The van der Waals surface area contributed by atoms with Crippen LogP contribution in [0.5, 0.6) is 0 Å². The third-order valence-electron chi connectivity index (χ3n) is 2.15. The Morgan fingerprint density at radius 1 is 1.73 bits per heavy atom. The predicted octanol–water partition coefficient (Wildman–Crippen LogP) is 0.647. The summed E-state index contributed by atoms with van der Waals surface area (Å²) in [5, 5.41) is 0. The number of hydrogen-bond acceptors (Lipinski definition) is 3. The summed E-state index contributed by atoms with van der Waals surface area (Å²) in [6.07, 6.45) is 4.21. The molecule has 1 aliphatic carbocycles. The van der Waals surface area contributed by atoms with Gasteiger partial charge >= 0.3 is 5.97 Å². The molecule has 0 radical (unpaired) electrons. The Morgan fingerprint density at radius 2 is 2.55 bits per heavy atom. The molecule has 0 unspecified atom stereocenters. The Labute approximate surface area is 65.0 Å². The minimum Gasteiger partial charge on any atom is -0.466 e. The van der Waals surface area contributed by atoms with Crippen LogP contribution in [-0.4, -0.2) is 25.3 Å². The number of methoxy groups -OCH3 is 1. The van der Waals surface area contributed by atoms with E-state index in [1.807, 2.05) is 6.08 Å². The minimum atomic E-state index is -0.209. The summed E-state index contributed by atoms with van der Waals surface area (Å²) in [6, 6.07) is 0. The second-order valence-electron chi connectivity index (χ2n) is 2.87. The summed E-state index contributed by atoms with van der Waals surface area (Å²) in [5.41, 5.74) is 0.770. The average molecular weight is 154 g/mol. The van der Waals surface area contributed by atoms with Gasteiger partial charge in [-0.1, -0.05) is 6.08 Å². The van der Waals surface area contributed by atoms with Crippen LogP contribution in [0, 0.1) is 0 Å². The van der Waals surface area contributed by atoms with E-state index in [2.05, 4.69) is 4.74 Å². The number of carbonyl (C=O) groups excluding carboxylic acids is 1. The Hall–Kier alpha value is -0.830. The summed E-state index contributed by atoms with van der Waals surface area (Å²) in [6.45, 7) is 0. The van der Waals surface area contributed by atoms with Crippen molar-refractivity contribution in [2.24, 2.45) is 0 Å². The van der Waals surface area contributed by atoms with Crippen LogP contribution in [0.4, 0.5) is 0 Å². The fraction of sp³-hybridized carbons (Fsp3) is 0.625. The first-order chi connectivity index (χ1) is 5.31. The number of fused-ring (bicyclic) bond motifs is 1. The van der Waals surface area contributed by atoms with Crippen molar-refractivity contribution in [3.63, 3.8) is 0 Å². The number of carbonyl (C=O) groups is 1. The van der Waals surface area contributed by atoms with Gasteiger partial charge in [0.25, 0.3) is 0 Å². The molecule has 1 heterocycles. The van der Waals surface area contributed by atoms with Crippen LogP contribution >= 0.6 is 0 Å². The summed E-state index contributed by atoms with van der Waals surface area (Å²) in [4.78, 5) is 11.0. The van der Waals surface area contributed by atoms with Crippen molar-refractivity contribution in [3.8, 4) is 0 Å². The van der Waals surface area contributed by atoms with Crippen LogP contribution < -0.4 is 0 Å². The highest BCUT2D eigenvalue weighted by molar-refractivity contribution is 5.88. The molecule has 60 valence electrons. The van der Waals surface area contributed by atoms with Gasteiger partial charge in [0.2, 0.25) is 0 Å². The van der Waals surface area contributed by atoms with E-state index in [0.29, 0.717) is 12.2 Å². The highest BCUT2D eigenvalue weighted by Gasteiger charge is 2.42. The molecule has 0 N–H and O–H groups in total. The SMILES string of the molecule is COC(=O)C1=CC[C@@H]2O[C@H]2C1. The van der Waals surface area contributed by atoms with Gasteiger partial charge in [-0.2, -0.15) is 0 Å². The quantitative estimate of drug-likeness (QED) is 0.411. The first-order valence-electron chi connectivity index (χ1n) is 3.74. The molecule has 3 nitrogen and oxygen atoms in total. The maximum Gasteiger partial charge on any atom is 0.333 e. The Bertz CT molecular complexity index is 219. The lowest BCUT2D eigenvalue weighted by molar-refractivity contribution is -0.136. The average Bonchev–Trinajstić information content (AvgIpc) is 2.80. The normalized spacial score (nSPS) is 33.7. The van der Waals surface area contributed by atoms with Crippen molar-refractivity contribution < 1.29 is 14.3 Å². The molecule has 0 saturated carbocycles. The standard InChI is InChI=1S/C8H10O3/c1-10-8(9)5-2-3-6-7(4-5)11-6/h2,6-7H,3-4H2,1H3/t6-,7-/m0/s1. The van der Waals surface area contributed by atoms with Gasteiger partial charge in [0.05, 0.1) is 19.3 Å². The molecule has 3 heteroatoms. The second kappa shape index (κ2) is 2.34. The molecule has 0 spiro atoms. The lowest BCUT2D eigenvalue weighted by Gasteiger charge is -2.05. The zero-order valence-corrected chi connectivity index (χ0v) is 6.37. The third kappa shape index (κ3) is 1.16. The Kier molecular flexibility index (Phi) is 1.46. The van der Waals surface area contributed by atoms with Crippen LogP contribution in [0.3, 0.4) is 0 Å². The Morgan fingerprint density at radius 3 is 3.18 bits per heavy atom. The number of hydrogen-bond donors (Lipinski definition) is 0. The summed E-state index contributed by atoms with van der Waals surface area (Å²) >= 11 is 0. The molecule has 1 aliphatic heterocycles. The molecule has 2 atom stereocenters. The third-order valence-corrected chi connectivity index (χ3v) is 2.15. The van der Waals surface area contributed by atoms with E-state index in [-0.39, 0.29) is 5.97 Å². The van der Waals surface area contributed by atoms with E-state index in [9.17, 15) is 4.79 Å². The number of epoxide rings is 1. The largest absolute Gasteiger partial charge is 0.466 e. The van der Waals surface area contributed by atoms with Crippen molar-refractivity contribution in [2.45, 2.75) is 25.0 Å². The molecule has 2 aliphatic rings. The van der Waals surface area contributed by atoms with Crippen molar-refractivity contribution in [1.82, 2.24) is 0 Å². The lowest BCUT2D eigenvalue weighted by atomic mass is 10.00. The molecule has 0 aromatic rings. The van der Waals surface area contributed by atoms with Crippen LogP contribution in [0.1, 0.15) is 12.8 Å². The first kappa shape index (κ1) is 6.85. The molecule has 0 bridgehead atoms. The van der Waals surface area contributed by atoms with Gasteiger partial charge in [0.15, 0.2) is 0 Å². The van der Waals surface area contributed by atoms with Crippen LogP contribution in [0.15, 0.2) is 11.6 Å². The predicted molar refractivity (Wildman–Crippen MR) is 38.0 cm³/mol. The van der Waals surface area contributed by atoms with Gasteiger partial charge in [0, 0.05) is 12.0 Å². The van der Waals surface area contributed by atoms with Crippen molar-refractivity contribution in [1.29, 1.82) is 0 Å². The maximum atomic E-state index is 11.0. The van der Waals surface area contributed by atoms with E-state index >= 15 is 0 Å². The molecule has 0 aromatic heterocycles. The van der Waals surface area contributed by atoms with Gasteiger partial charge in [-0.15, -0.1) is 0 Å². The van der Waals surface area contributed by atoms with E-state index in [1.54, 1.807) is 0 Å². The van der Waals surface area contributed by atoms with Gasteiger partial charge in [-0.05, 0) is 6.42 Å². The molecule has 0 amide bonds. The molecular weight excluding hydrogens is 144 g/mol. The van der Waals surface area contributed by atoms with E-state index < -0.39 is 0 Å². The monoisotopic (exact) mass is 154 g/mol. The number of rotatable bonds is 1. The van der Waals surface area contributed by atoms with Crippen molar-refractivity contribution in [3.05, 3.63) is 11.6 Å². The first-order valence-corrected chi connectivity index (χ1v) is 3.74. The molecule has 2 rings (SSSR count). The highest BCUT2D eigenvalue weighted by atomic mass is 16.6. The van der Waals surface area contributed by atoms with Gasteiger partial charge < -0.3 is 9.47 Å². The molecule has 1 fully saturated rings. The highest BCUT2D eigenvalue weighted by Crippen LogP contribution is 2.36. The summed E-state index contributed by atoms with van der Waals surface area (Å²) in [5.74, 6) is -0.209. The van der Waals surface area contributed by atoms with Crippen LogP contribution in [0.2, 0.25) is 0 Å². The minimum absolute atomic E-state index is 0.209. The Balaban J connectivity index is 2.03. The fourth-order valence-electron chi connectivity index (χ4n) is 1.42. The smallest absolute Gasteiger partial charge is 0.333 e. The van der Waals surface area contributed by atoms with Gasteiger partial charge in [-0.25, -0.2) is 4.79 Å². The molecular formula is C8H10O3. The van der Waals surface area contributed by atoms with E-state index in [0.717, 1.165) is 18.4 Å². The van der Waals surface area contributed by atoms with Crippen LogP contribution in [-0.2, 0) is 14.3 Å². The van der Waals surface area contributed by atoms with E-state index in [1.165, 1.54) is 7.11 Å². The molecule has 0 aromatic carbocycles. The molecule has 11 heavy (non-hydrogen) atoms. The zero-order valence-electron chi connectivity index (χ0n) is 6.37. The summed E-state index contributed by atoms with van der Waals surface area (Å²) < 4.78 is 9.84. The zero-order chi connectivity index (χ0) is 7.84. The molecule has 1 saturated heterocycles. The van der Waals surface area contributed by atoms with Crippen molar-refractivity contribution >= 4 is 5.97 Å². The maximum absolute atomic E-state index is 11.0. The number of ether oxygens (including phenoxy) is 2. The van der Waals surface area contributed by atoms with Crippen molar-refractivity contribution in [2.75, 3.05) is 7.11 Å².